The molecule has 0 unspecified atom stereocenters. The Balaban J connectivity index is 4.79. The Morgan fingerprint density at radius 3 is 2.20 bits per heavy atom. The number of carbonyl (C=O) groups is 1. The van der Waals surface area contributed by atoms with Gasteiger partial charge >= 0.3 is 93.9 Å². The molecule has 0 spiro atoms. The molecule has 4 atom stereocenters. The molecule has 88 valence electrons. The van der Waals surface area contributed by atoms with E-state index in [0.717, 1.165) is 0 Å². The zero-order valence-corrected chi connectivity index (χ0v) is 9.26. The average molecular weight is 259 g/mol. The van der Waals surface area contributed by atoms with E-state index in [9.17, 15) is 25.2 Å². The van der Waals surface area contributed by atoms with Crippen LogP contribution in [0.4, 0.5) is 0 Å². The van der Waals surface area contributed by atoms with Crippen LogP contribution in [-0.4, -0.2) is 60.3 Å². The van der Waals surface area contributed by atoms with Crippen molar-refractivity contribution < 1.29 is 59.1 Å². The molecule has 0 aromatic heterocycles. The van der Waals surface area contributed by atoms with Gasteiger partial charge in [0.25, 0.3) is 0 Å². The number of carbonyl (C=O) groups excluding carboxylic acids is 1. The molecule has 0 aliphatic rings. The Bertz CT molecular complexity index is 228. The van der Waals surface area contributed by atoms with Gasteiger partial charge in [0.15, 0.2) is 0 Å². The van der Waals surface area contributed by atoms with Gasteiger partial charge in [0.05, 0.1) is 0 Å². The molecule has 8 N–H and O–H groups in total. The zero-order chi connectivity index (χ0) is 12.2. The number of aliphatic hydroxyl groups is 5. The van der Waals surface area contributed by atoms with Crippen molar-refractivity contribution in [2.45, 2.75) is 22.2 Å². The second-order valence-electron chi connectivity index (χ2n) is 2.92. The van der Waals surface area contributed by atoms with Crippen molar-refractivity contribution in [1.29, 1.82) is 0 Å². The second kappa shape index (κ2) is 5.87. The molecular formula is C6H13NO7Ti. The molecule has 8 nitrogen and oxygen atoms in total. The van der Waals surface area contributed by atoms with Crippen LogP contribution in [-0.2, 0) is 24.2 Å². The van der Waals surface area contributed by atoms with E-state index in [1.807, 2.05) is 0 Å². The Morgan fingerprint density at radius 2 is 1.93 bits per heavy atom. The number of aliphatic carboxylic acids is 1. The van der Waals surface area contributed by atoms with Gasteiger partial charge in [0.2, 0.25) is 0 Å². The summed E-state index contributed by atoms with van der Waals surface area (Å²) in [5.41, 5.74) is 0. The van der Waals surface area contributed by atoms with E-state index in [2.05, 4.69) is 4.22 Å². The first-order valence-electron chi connectivity index (χ1n) is 3.94. The Labute approximate surface area is 94.2 Å². The van der Waals surface area contributed by atoms with Crippen LogP contribution < -0.4 is 9.32 Å². The number of quaternary nitrogens is 1. The number of carboxylic acid groups (broad SMARTS) is 1. The summed E-state index contributed by atoms with van der Waals surface area (Å²) < 4.78 is 0.563. The predicted molar refractivity (Wildman–Crippen MR) is 38.0 cm³/mol. The molecule has 9 heteroatoms. The van der Waals surface area contributed by atoms with Crippen LogP contribution in [0.2, 0.25) is 0 Å². The standard InChI is InChI=1S/C6H11O7.H3N.Ti/c7-1-2(8)3(9)4(10)5(11)6(12)13;;/h2-4,7-11H,1H2,(H,12,13);1H3;/q;;+1/p-1/t2-,3-,4+;;/m1../s1. The van der Waals surface area contributed by atoms with Gasteiger partial charge < -0.3 is 0 Å². The van der Waals surface area contributed by atoms with Crippen LogP contribution in [0, 0.1) is 0 Å². The van der Waals surface area contributed by atoms with Crippen molar-refractivity contribution in [3.05, 3.63) is 0 Å². The SMILES string of the molecule is [NH3+][Ti][C@](O)(C(=O)[O-])[C@@H](O)[C@H](O)[C@H](O)CO. The normalized spacial score (nSPS) is 21.2. The Morgan fingerprint density at radius 1 is 1.47 bits per heavy atom. The van der Waals surface area contributed by atoms with Crippen LogP contribution in [0.5, 0.6) is 0 Å². The fourth-order valence-electron chi connectivity index (χ4n) is 0.863. The molecule has 0 amide bonds. The summed E-state index contributed by atoms with van der Waals surface area (Å²) in [5.74, 6) is -1.96. The van der Waals surface area contributed by atoms with Gasteiger partial charge in [-0.15, -0.1) is 0 Å². The predicted octanol–water partition coefficient (Wildman–Crippen LogP) is -6.26. The van der Waals surface area contributed by atoms with Gasteiger partial charge in [0, 0.05) is 0 Å². The van der Waals surface area contributed by atoms with Gasteiger partial charge in [-0.05, 0) is 0 Å². The van der Waals surface area contributed by atoms with Crippen molar-refractivity contribution in [1.82, 2.24) is 0 Å². The molecule has 0 saturated heterocycles. The van der Waals surface area contributed by atoms with Crippen molar-refractivity contribution in [3.63, 3.8) is 0 Å². The third kappa shape index (κ3) is 3.20. The molecule has 0 bridgehead atoms. The second-order valence-corrected chi connectivity index (χ2v) is 4.66. The monoisotopic (exact) mass is 259 g/mol. The van der Waals surface area contributed by atoms with Crippen LogP contribution >= 0.6 is 0 Å². The Hall–Kier alpha value is -0.0557. The minimum atomic E-state index is -2.64. The molecule has 0 aromatic rings. The Kier molecular flexibility index (Phi) is 5.85. The number of hydrogen-bond donors (Lipinski definition) is 6. The molecular weight excluding hydrogens is 246 g/mol. The van der Waals surface area contributed by atoms with E-state index in [1.165, 1.54) is 0 Å². The van der Waals surface area contributed by atoms with Gasteiger partial charge in [-0.3, -0.25) is 0 Å². The van der Waals surface area contributed by atoms with Crippen molar-refractivity contribution in [3.8, 4) is 0 Å². The summed E-state index contributed by atoms with van der Waals surface area (Å²) in [6.45, 7) is -0.876. The molecule has 0 aromatic carbocycles. The molecule has 0 saturated carbocycles. The van der Waals surface area contributed by atoms with Gasteiger partial charge in [0.1, 0.15) is 0 Å². The molecule has 0 rings (SSSR count). The molecule has 0 fully saturated rings. The quantitative estimate of drug-likeness (QED) is 0.258. The summed E-state index contributed by atoms with van der Waals surface area (Å²) in [4.78, 5) is 10.5. The van der Waals surface area contributed by atoms with Gasteiger partial charge in [-0.25, -0.2) is 0 Å². The van der Waals surface area contributed by atoms with E-state index >= 15 is 0 Å². The first-order valence-corrected chi connectivity index (χ1v) is 5.82. The number of rotatable bonds is 6. The third-order valence-electron chi connectivity index (χ3n) is 1.91. The summed E-state index contributed by atoms with van der Waals surface area (Å²) in [7, 11) is 0. The summed E-state index contributed by atoms with van der Waals surface area (Å²) in [5, 5.41) is 55.8. The maximum atomic E-state index is 10.5. The van der Waals surface area contributed by atoms with Gasteiger partial charge in [-0.1, -0.05) is 0 Å². The number of carboxylic acids is 1. The first kappa shape index (κ1) is 14.9. The fourth-order valence-corrected chi connectivity index (χ4v) is 1.68. The summed E-state index contributed by atoms with van der Waals surface area (Å²) >= 11 is -1.78. The summed E-state index contributed by atoms with van der Waals surface area (Å²) in [6, 6.07) is 0. The van der Waals surface area contributed by atoms with Crippen molar-refractivity contribution in [2.75, 3.05) is 6.61 Å². The average Bonchev–Trinajstić information content (AvgIpc) is 2.24. The number of aliphatic hydroxyl groups excluding tert-OH is 4. The van der Waals surface area contributed by atoms with E-state index in [0.29, 0.717) is 0 Å². The maximum absolute atomic E-state index is 10.5. The fraction of sp³-hybridized carbons (Fsp3) is 0.833. The zero-order valence-electron chi connectivity index (χ0n) is 7.70. The number of hydrogen-bond acceptors (Lipinski definition) is 7. The summed E-state index contributed by atoms with van der Waals surface area (Å²) in [6.07, 6.45) is -5.88. The first-order chi connectivity index (χ1) is 6.81. The van der Waals surface area contributed by atoms with Gasteiger partial charge in [-0.2, -0.15) is 0 Å². The van der Waals surface area contributed by atoms with E-state index in [4.69, 9.17) is 10.2 Å². The van der Waals surface area contributed by atoms with Crippen LogP contribution in [0.1, 0.15) is 0 Å². The van der Waals surface area contributed by atoms with Crippen LogP contribution in [0.3, 0.4) is 0 Å². The van der Waals surface area contributed by atoms with E-state index in [1.54, 1.807) is 0 Å². The van der Waals surface area contributed by atoms with Crippen molar-refractivity contribution in [2.24, 2.45) is 0 Å². The molecule has 0 aliphatic carbocycles. The third-order valence-corrected chi connectivity index (χ3v) is 3.54. The molecule has 15 heavy (non-hydrogen) atoms. The van der Waals surface area contributed by atoms with Crippen LogP contribution in [0.25, 0.3) is 0 Å². The topological polar surface area (TPSA) is 169 Å². The minimum absolute atomic E-state index is 0.876. The van der Waals surface area contributed by atoms with E-state index < -0.39 is 54.2 Å². The van der Waals surface area contributed by atoms with Crippen LogP contribution in [0.15, 0.2) is 0 Å². The molecule has 0 heterocycles. The molecule has 0 radical (unpaired) electrons. The van der Waals surface area contributed by atoms with E-state index in [-0.39, 0.29) is 0 Å². The molecule has 0 aliphatic heterocycles. The van der Waals surface area contributed by atoms with Crippen molar-refractivity contribution >= 4 is 5.97 Å².